The highest BCUT2D eigenvalue weighted by Gasteiger charge is 2.26. The van der Waals surface area contributed by atoms with E-state index in [1.54, 1.807) is 11.0 Å². The van der Waals surface area contributed by atoms with Crippen molar-refractivity contribution in [3.05, 3.63) is 56.1 Å². The zero-order chi connectivity index (χ0) is 17.3. The van der Waals surface area contributed by atoms with E-state index in [1.807, 2.05) is 12.1 Å². The summed E-state index contributed by atoms with van der Waals surface area (Å²) < 4.78 is 0. The maximum absolute atomic E-state index is 12.7. The van der Waals surface area contributed by atoms with Crippen LogP contribution < -0.4 is 4.90 Å². The van der Waals surface area contributed by atoms with Crippen LogP contribution in [0.4, 0.5) is 5.82 Å². The average molecular weight is 405 g/mol. The van der Waals surface area contributed by atoms with Crippen LogP contribution in [0.25, 0.3) is 0 Å². The summed E-state index contributed by atoms with van der Waals surface area (Å²) in [5.41, 5.74) is 0.289. The van der Waals surface area contributed by atoms with Gasteiger partial charge in [-0.2, -0.15) is 0 Å². The highest BCUT2D eigenvalue weighted by atomic mass is 35.5. The molecular weight excluding hydrogens is 392 g/mol. The molecule has 2 heterocycles. The first kappa shape index (κ1) is 17.6. The molecule has 0 bridgehead atoms. The quantitative estimate of drug-likeness (QED) is 0.683. The summed E-state index contributed by atoms with van der Waals surface area (Å²) >= 11 is 24.1. The van der Waals surface area contributed by atoms with Gasteiger partial charge in [0.05, 0.1) is 15.6 Å². The third-order valence-electron chi connectivity index (χ3n) is 3.81. The lowest BCUT2D eigenvalue weighted by atomic mass is 10.1. The molecule has 126 valence electrons. The monoisotopic (exact) mass is 403 g/mol. The van der Waals surface area contributed by atoms with Crippen molar-refractivity contribution in [1.82, 2.24) is 9.88 Å². The van der Waals surface area contributed by atoms with E-state index in [0.717, 1.165) is 5.82 Å². The zero-order valence-corrected chi connectivity index (χ0v) is 15.5. The van der Waals surface area contributed by atoms with Crippen LogP contribution in [0, 0.1) is 0 Å². The number of anilines is 1. The van der Waals surface area contributed by atoms with Gasteiger partial charge in [0, 0.05) is 31.2 Å². The molecule has 3 rings (SSSR count). The Bertz CT molecular complexity index is 753. The van der Waals surface area contributed by atoms with Crippen LogP contribution in [-0.2, 0) is 0 Å². The predicted molar refractivity (Wildman–Crippen MR) is 98.8 cm³/mol. The van der Waals surface area contributed by atoms with Crippen molar-refractivity contribution < 1.29 is 4.79 Å². The molecule has 1 aromatic carbocycles. The molecule has 1 aliphatic heterocycles. The number of rotatable bonds is 2. The first-order valence-corrected chi connectivity index (χ1v) is 8.78. The average Bonchev–Trinajstić information content (AvgIpc) is 2.54. The second-order valence-corrected chi connectivity index (χ2v) is 6.98. The van der Waals surface area contributed by atoms with Gasteiger partial charge in [-0.05, 0) is 24.3 Å². The standard InChI is InChI=1S/C16H13Cl4N3O/c17-10-8-11(18)15(12(19)9-10)16(24)23-6-4-22(5-7-23)14-3-1-2-13(20)21-14/h1-3,8-9H,4-7H2. The number of amides is 1. The van der Waals surface area contributed by atoms with Gasteiger partial charge >= 0.3 is 0 Å². The van der Waals surface area contributed by atoms with E-state index in [2.05, 4.69) is 9.88 Å². The number of pyridine rings is 1. The fourth-order valence-corrected chi connectivity index (χ4v) is 3.75. The van der Waals surface area contributed by atoms with E-state index in [0.29, 0.717) is 36.4 Å². The lowest BCUT2D eigenvalue weighted by molar-refractivity contribution is 0.0747. The molecular formula is C16H13Cl4N3O. The van der Waals surface area contributed by atoms with Gasteiger partial charge < -0.3 is 9.80 Å². The van der Waals surface area contributed by atoms with E-state index in [-0.39, 0.29) is 21.5 Å². The minimum atomic E-state index is -0.194. The van der Waals surface area contributed by atoms with E-state index < -0.39 is 0 Å². The summed E-state index contributed by atoms with van der Waals surface area (Å²) in [4.78, 5) is 20.8. The number of halogens is 4. The lowest BCUT2D eigenvalue weighted by Crippen LogP contribution is -2.49. The maximum Gasteiger partial charge on any atom is 0.257 e. The maximum atomic E-state index is 12.7. The second kappa shape index (κ2) is 7.36. The van der Waals surface area contributed by atoms with Crippen LogP contribution in [0.15, 0.2) is 30.3 Å². The molecule has 1 fully saturated rings. The van der Waals surface area contributed by atoms with Gasteiger partial charge in [-0.1, -0.05) is 52.5 Å². The Morgan fingerprint density at radius 3 is 2.17 bits per heavy atom. The SMILES string of the molecule is O=C(c1c(Cl)cc(Cl)cc1Cl)N1CCN(c2cccc(Cl)n2)CC1. The molecule has 2 aromatic rings. The van der Waals surface area contributed by atoms with Gasteiger partial charge in [-0.15, -0.1) is 0 Å². The number of carbonyl (C=O) groups is 1. The topological polar surface area (TPSA) is 36.4 Å². The molecule has 1 aromatic heterocycles. The Balaban J connectivity index is 1.72. The van der Waals surface area contributed by atoms with Crippen molar-refractivity contribution in [3.63, 3.8) is 0 Å². The molecule has 0 aliphatic carbocycles. The number of aromatic nitrogens is 1. The second-order valence-electron chi connectivity index (χ2n) is 5.34. The first-order chi connectivity index (χ1) is 11.5. The molecule has 0 saturated carbocycles. The summed E-state index contributed by atoms with van der Waals surface area (Å²) in [6.45, 7) is 2.40. The van der Waals surface area contributed by atoms with Crippen LogP contribution in [0.2, 0.25) is 20.2 Å². The van der Waals surface area contributed by atoms with Crippen LogP contribution in [0.3, 0.4) is 0 Å². The van der Waals surface area contributed by atoms with E-state index in [4.69, 9.17) is 46.4 Å². The molecule has 0 radical (unpaired) electrons. The molecule has 4 nitrogen and oxygen atoms in total. The fraction of sp³-hybridized carbons (Fsp3) is 0.250. The van der Waals surface area contributed by atoms with E-state index in [1.165, 1.54) is 12.1 Å². The Morgan fingerprint density at radius 2 is 1.58 bits per heavy atom. The summed E-state index contributed by atoms with van der Waals surface area (Å²) in [5, 5.41) is 1.37. The van der Waals surface area contributed by atoms with Crippen molar-refractivity contribution in [3.8, 4) is 0 Å². The number of carbonyl (C=O) groups excluding carboxylic acids is 1. The molecule has 1 saturated heterocycles. The first-order valence-electron chi connectivity index (χ1n) is 7.27. The number of hydrogen-bond donors (Lipinski definition) is 0. The Morgan fingerprint density at radius 1 is 0.958 bits per heavy atom. The minimum absolute atomic E-state index is 0.194. The molecule has 0 atom stereocenters. The van der Waals surface area contributed by atoms with Gasteiger partial charge in [0.25, 0.3) is 5.91 Å². The van der Waals surface area contributed by atoms with Crippen LogP contribution in [0.1, 0.15) is 10.4 Å². The van der Waals surface area contributed by atoms with Crippen molar-refractivity contribution in [2.24, 2.45) is 0 Å². The zero-order valence-electron chi connectivity index (χ0n) is 12.5. The third kappa shape index (κ3) is 3.72. The molecule has 1 amide bonds. The van der Waals surface area contributed by atoms with Gasteiger partial charge in [-0.3, -0.25) is 4.79 Å². The summed E-state index contributed by atoms with van der Waals surface area (Å²) in [5.74, 6) is 0.609. The number of nitrogens with zero attached hydrogens (tertiary/aromatic N) is 3. The summed E-state index contributed by atoms with van der Waals surface area (Å²) in [6, 6.07) is 8.53. The molecule has 1 aliphatic rings. The predicted octanol–water partition coefficient (Wildman–Crippen LogP) is 4.66. The van der Waals surface area contributed by atoms with Crippen LogP contribution in [0.5, 0.6) is 0 Å². The normalized spacial score (nSPS) is 14.8. The summed E-state index contributed by atoms with van der Waals surface area (Å²) in [6.07, 6.45) is 0. The smallest absolute Gasteiger partial charge is 0.257 e. The van der Waals surface area contributed by atoms with Crippen molar-refractivity contribution >= 4 is 58.1 Å². The third-order valence-corrected chi connectivity index (χ3v) is 4.84. The highest BCUT2D eigenvalue weighted by Crippen LogP contribution is 2.30. The Labute approximate surface area is 159 Å². The van der Waals surface area contributed by atoms with E-state index >= 15 is 0 Å². The van der Waals surface area contributed by atoms with Gasteiger partial charge in [0.15, 0.2) is 0 Å². The van der Waals surface area contributed by atoms with Gasteiger partial charge in [0.1, 0.15) is 11.0 Å². The fourth-order valence-electron chi connectivity index (χ4n) is 2.62. The van der Waals surface area contributed by atoms with Crippen molar-refractivity contribution in [2.45, 2.75) is 0 Å². The van der Waals surface area contributed by atoms with Crippen LogP contribution in [-0.4, -0.2) is 42.0 Å². The Kier molecular flexibility index (Phi) is 5.40. The van der Waals surface area contributed by atoms with Crippen molar-refractivity contribution in [2.75, 3.05) is 31.1 Å². The Hall–Kier alpha value is -1.20. The lowest BCUT2D eigenvalue weighted by Gasteiger charge is -2.35. The number of benzene rings is 1. The highest BCUT2D eigenvalue weighted by molar-refractivity contribution is 6.42. The van der Waals surface area contributed by atoms with Crippen LogP contribution >= 0.6 is 46.4 Å². The number of hydrogen-bond acceptors (Lipinski definition) is 3. The molecule has 0 unspecified atom stereocenters. The molecule has 24 heavy (non-hydrogen) atoms. The van der Waals surface area contributed by atoms with E-state index in [9.17, 15) is 4.79 Å². The van der Waals surface area contributed by atoms with Crippen molar-refractivity contribution in [1.29, 1.82) is 0 Å². The molecule has 8 heteroatoms. The number of piperazine rings is 1. The largest absolute Gasteiger partial charge is 0.353 e. The molecule has 0 spiro atoms. The van der Waals surface area contributed by atoms with Gasteiger partial charge in [0.2, 0.25) is 0 Å². The summed E-state index contributed by atoms with van der Waals surface area (Å²) in [7, 11) is 0. The molecule has 0 N–H and O–H groups in total. The minimum Gasteiger partial charge on any atom is -0.353 e. The van der Waals surface area contributed by atoms with Gasteiger partial charge in [-0.25, -0.2) is 4.98 Å².